The molecule has 160 valence electrons. The molecule has 1 aromatic carbocycles. The monoisotopic (exact) mass is 511 g/mol. The van der Waals surface area contributed by atoms with Crippen molar-refractivity contribution >= 4 is 29.9 Å². The van der Waals surface area contributed by atoms with Crippen LogP contribution in [0.3, 0.4) is 0 Å². The fourth-order valence-electron chi connectivity index (χ4n) is 3.71. The topological polar surface area (TPSA) is 79.2 Å². The van der Waals surface area contributed by atoms with E-state index >= 15 is 0 Å². The van der Waals surface area contributed by atoms with Crippen LogP contribution in [0.1, 0.15) is 50.4 Å². The molecule has 0 spiro atoms. The van der Waals surface area contributed by atoms with Gasteiger partial charge in [0.25, 0.3) is 0 Å². The highest BCUT2D eigenvalue weighted by Gasteiger charge is 2.24. The molecule has 7 nitrogen and oxygen atoms in total. The minimum absolute atomic E-state index is 0. The Morgan fingerprint density at radius 3 is 2.72 bits per heavy atom. The van der Waals surface area contributed by atoms with Gasteiger partial charge in [-0.2, -0.15) is 5.10 Å². The number of nitrogens with one attached hydrogen (secondary N) is 3. The van der Waals surface area contributed by atoms with Gasteiger partial charge in [-0.3, -0.25) is 4.99 Å². The van der Waals surface area contributed by atoms with Gasteiger partial charge in [0, 0.05) is 37.6 Å². The second kappa shape index (κ2) is 10.4. The van der Waals surface area contributed by atoms with E-state index in [4.69, 9.17) is 0 Å². The lowest BCUT2D eigenvalue weighted by Gasteiger charge is -2.32. The minimum atomic E-state index is -0.0877. The number of benzene rings is 1. The van der Waals surface area contributed by atoms with E-state index in [9.17, 15) is 0 Å². The molecule has 0 bridgehead atoms. The van der Waals surface area contributed by atoms with Crippen molar-refractivity contribution in [1.29, 1.82) is 0 Å². The fraction of sp³-hybridized carbons (Fsp3) is 0.571. The van der Waals surface area contributed by atoms with Crippen LogP contribution < -0.4 is 16.0 Å². The molecule has 1 aromatic heterocycles. The van der Waals surface area contributed by atoms with Crippen LogP contribution in [0, 0.1) is 6.92 Å². The molecule has 2 heterocycles. The Morgan fingerprint density at radius 2 is 2.03 bits per heavy atom. The lowest BCUT2D eigenvalue weighted by Crippen LogP contribution is -2.54. The Labute approximate surface area is 191 Å². The number of hydrogen-bond acceptors (Lipinski definition) is 4. The van der Waals surface area contributed by atoms with Gasteiger partial charge in [0.2, 0.25) is 0 Å². The Hall–Kier alpha value is -1.68. The maximum absolute atomic E-state index is 4.48. The van der Waals surface area contributed by atoms with Crippen molar-refractivity contribution in [2.45, 2.75) is 64.7 Å². The third-order valence-electron chi connectivity index (χ3n) is 5.13. The third-order valence-corrected chi connectivity index (χ3v) is 5.13. The highest BCUT2D eigenvalue weighted by Crippen LogP contribution is 2.16. The average Bonchev–Trinajstić information content (AvgIpc) is 3.04. The summed E-state index contributed by atoms with van der Waals surface area (Å²) in [5.41, 5.74) is 1.20. The molecule has 0 fully saturated rings. The van der Waals surface area contributed by atoms with Crippen molar-refractivity contribution in [3.05, 3.63) is 47.5 Å². The molecular formula is C21H34IN7. The van der Waals surface area contributed by atoms with E-state index in [0.29, 0.717) is 6.04 Å². The van der Waals surface area contributed by atoms with Crippen LogP contribution in [0.2, 0.25) is 0 Å². The molecule has 29 heavy (non-hydrogen) atoms. The first-order valence-corrected chi connectivity index (χ1v) is 10.1. The van der Waals surface area contributed by atoms with Crippen molar-refractivity contribution in [2.24, 2.45) is 4.99 Å². The number of aryl methyl sites for hydroxylation is 2. The molecule has 2 unspecified atom stereocenters. The van der Waals surface area contributed by atoms with Crippen LogP contribution in [0.25, 0.3) is 0 Å². The van der Waals surface area contributed by atoms with Gasteiger partial charge in [-0.15, -0.1) is 24.0 Å². The van der Waals surface area contributed by atoms with Gasteiger partial charge in [0.15, 0.2) is 5.96 Å². The van der Waals surface area contributed by atoms with Crippen molar-refractivity contribution in [2.75, 3.05) is 13.6 Å². The molecule has 0 saturated heterocycles. The number of hydrogen-bond donors (Lipinski definition) is 3. The zero-order valence-corrected chi connectivity index (χ0v) is 20.4. The highest BCUT2D eigenvalue weighted by atomic mass is 127. The van der Waals surface area contributed by atoms with Crippen molar-refractivity contribution in [3.8, 4) is 0 Å². The average molecular weight is 511 g/mol. The van der Waals surface area contributed by atoms with Gasteiger partial charge >= 0.3 is 0 Å². The predicted molar refractivity (Wildman–Crippen MR) is 129 cm³/mol. The molecule has 2 aromatic rings. The molecule has 2 atom stereocenters. The Balaban J connectivity index is 0.00000300. The summed E-state index contributed by atoms with van der Waals surface area (Å²) in [4.78, 5) is 8.88. The first-order valence-electron chi connectivity index (χ1n) is 10.1. The van der Waals surface area contributed by atoms with Crippen molar-refractivity contribution in [3.63, 3.8) is 0 Å². The van der Waals surface area contributed by atoms with Gasteiger partial charge in [0.1, 0.15) is 11.6 Å². The number of fused-ring (bicyclic) bond motifs is 1. The van der Waals surface area contributed by atoms with Crippen LogP contribution in [-0.4, -0.2) is 45.9 Å². The van der Waals surface area contributed by atoms with Gasteiger partial charge in [-0.05, 0) is 39.7 Å². The van der Waals surface area contributed by atoms with Crippen molar-refractivity contribution in [1.82, 2.24) is 30.7 Å². The summed E-state index contributed by atoms with van der Waals surface area (Å²) in [7, 11) is 1.82. The Morgan fingerprint density at radius 1 is 1.31 bits per heavy atom. The summed E-state index contributed by atoms with van der Waals surface area (Å²) in [6, 6.07) is 11.1. The standard InChI is InChI=1S/C21H33N7.HI/c1-15(17-9-7-6-8-10-17)26-21(3,4)14-23-20(22-5)25-18-11-12-19-24-16(2)27-28(19)13-18;/h6-10,15,18,26H,11-14H2,1-5H3,(H2,22,23,25);1H. The number of aromatic nitrogens is 3. The Kier molecular flexibility index (Phi) is 8.45. The normalized spacial score (nSPS) is 17.8. The SMILES string of the molecule is CN=C(NCC(C)(C)NC(C)c1ccccc1)NC1CCc2nc(C)nn2C1.I. The lowest BCUT2D eigenvalue weighted by molar-refractivity contribution is 0.341. The largest absolute Gasteiger partial charge is 0.355 e. The number of guanidine groups is 1. The van der Waals surface area contributed by atoms with E-state index in [1.54, 1.807) is 0 Å². The second-order valence-corrected chi connectivity index (χ2v) is 8.22. The van der Waals surface area contributed by atoms with Gasteiger partial charge < -0.3 is 16.0 Å². The summed E-state index contributed by atoms with van der Waals surface area (Å²) in [5, 5.41) is 15.2. The first-order chi connectivity index (χ1) is 13.4. The van der Waals surface area contributed by atoms with E-state index in [0.717, 1.165) is 43.5 Å². The van der Waals surface area contributed by atoms with Crippen LogP contribution >= 0.6 is 24.0 Å². The number of aliphatic imine (C=N–C) groups is 1. The second-order valence-electron chi connectivity index (χ2n) is 8.22. The van der Waals surface area contributed by atoms with Crippen LogP contribution in [0.15, 0.2) is 35.3 Å². The van der Waals surface area contributed by atoms with Crippen molar-refractivity contribution < 1.29 is 0 Å². The van der Waals surface area contributed by atoms with E-state index in [1.807, 2.05) is 24.7 Å². The molecule has 8 heteroatoms. The molecule has 0 saturated carbocycles. The maximum atomic E-state index is 4.48. The predicted octanol–water partition coefficient (Wildman–Crippen LogP) is 2.81. The molecule has 3 N–H and O–H groups in total. The lowest BCUT2D eigenvalue weighted by atomic mass is 10.0. The van der Waals surface area contributed by atoms with Gasteiger partial charge in [0.05, 0.1) is 6.54 Å². The number of nitrogens with zero attached hydrogens (tertiary/aromatic N) is 4. The van der Waals surface area contributed by atoms with Crippen LogP contribution in [0.4, 0.5) is 0 Å². The number of halogens is 1. The van der Waals surface area contributed by atoms with Gasteiger partial charge in [-0.1, -0.05) is 30.3 Å². The molecule has 3 rings (SSSR count). The zero-order valence-electron chi connectivity index (χ0n) is 18.1. The quantitative estimate of drug-likeness (QED) is 0.316. The first kappa shape index (κ1) is 23.6. The van der Waals surface area contributed by atoms with E-state index < -0.39 is 0 Å². The molecule has 0 aliphatic carbocycles. The maximum Gasteiger partial charge on any atom is 0.191 e. The minimum Gasteiger partial charge on any atom is -0.355 e. The summed E-state index contributed by atoms with van der Waals surface area (Å²) in [6.07, 6.45) is 1.97. The van der Waals surface area contributed by atoms with Gasteiger partial charge in [-0.25, -0.2) is 9.67 Å². The van der Waals surface area contributed by atoms with E-state index in [2.05, 4.69) is 76.1 Å². The summed E-state index contributed by atoms with van der Waals surface area (Å²) in [6.45, 7) is 10.1. The van der Waals surface area contributed by atoms with E-state index in [1.165, 1.54) is 5.56 Å². The molecular weight excluding hydrogens is 477 g/mol. The summed E-state index contributed by atoms with van der Waals surface area (Å²) in [5.74, 6) is 2.75. The molecule has 0 radical (unpaired) electrons. The Bertz CT molecular complexity index is 801. The number of rotatable bonds is 6. The molecule has 0 amide bonds. The molecule has 1 aliphatic heterocycles. The fourth-order valence-corrected chi connectivity index (χ4v) is 3.71. The molecule has 1 aliphatic rings. The highest BCUT2D eigenvalue weighted by molar-refractivity contribution is 14.0. The zero-order chi connectivity index (χ0) is 20.1. The summed E-state index contributed by atoms with van der Waals surface area (Å²) >= 11 is 0. The van der Waals surface area contributed by atoms with E-state index in [-0.39, 0.29) is 35.6 Å². The third kappa shape index (κ3) is 6.67. The van der Waals surface area contributed by atoms with Crippen LogP contribution in [0.5, 0.6) is 0 Å². The smallest absolute Gasteiger partial charge is 0.191 e. The van der Waals surface area contributed by atoms with Crippen LogP contribution in [-0.2, 0) is 13.0 Å². The summed E-state index contributed by atoms with van der Waals surface area (Å²) < 4.78 is 2.01.